The van der Waals surface area contributed by atoms with Crippen LogP contribution in [0.3, 0.4) is 0 Å². The minimum absolute atomic E-state index is 0.158. The van der Waals surface area contributed by atoms with Gasteiger partial charge in [-0.15, -0.1) is 0 Å². The van der Waals surface area contributed by atoms with E-state index in [0.29, 0.717) is 17.9 Å². The van der Waals surface area contributed by atoms with Gasteiger partial charge in [0.25, 0.3) is 5.91 Å². The van der Waals surface area contributed by atoms with E-state index in [9.17, 15) is 4.79 Å². The SMILES string of the molecule is COc1ccc(C(=O)NCc2ccco2)cc1Br. The van der Waals surface area contributed by atoms with E-state index in [-0.39, 0.29) is 5.91 Å². The van der Waals surface area contributed by atoms with Crippen LogP contribution in [0.2, 0.25) is 0 Å². The van der Waals surface area contributed by atoms with Gasteiger partial charge in [0.1, 0.15) is 11.5 Å². The van der Waals surface area contributed by atoms with Crippen molar-refractivity contribution in [1.29, 1.82) is 0 Å². The summed E-state index contributed by atoms with van der Waals surface area (Å²) in [4.78, 5) is 11.9. The molecule has 0 aliphatic heterocycles. The van der Waals surface area contributed by atoms with Crippen molar-refractivity contribution in [2.45, 2.75) is 6.54 Å². The van der Waals surface area contributed by atoms with Crippen LogP contribution in [-0.4, -0.2) is 13.0 Å². The number of carbonyl (C=O) groups excluding carboxylic acids is 1. The molecule has 1 aromatic heterocycles. The summed E-state index contributed by atoms with van der Waals surface area (Å²) in [6, 6.07) is 8.76. The highest BCUT2D eigenvalue weighted by Gasteiger charge is 2.09. The van der Waals surface area contributed by atoms with Gasteiger partial charge in [0.05, 0.1) is 24.4 Å². The molecular formula is C13H12BrNO3. The van der Waals surface area contributed by atoms with Gasteiger partial charge < -0.3 is 14.5 Å². The summed E-state index contributed by atoms with van der Waals surface area (Å²) in [6.45, 7) is 0.371. The molecule has 1 amide bonds. The first-order valence-corrected chi connectivity index (χ1v) is 6.14. The second kappa shape index (κ2) is 5.73. The Labute approximate surface area is 113 Å². The number of carbonyl (C=O) groups is 1. The lowest BCUT2D eigenvalue weighted by atomic mass is 10.2. The van der Waals surface area contributed by atoms with Crippen molar-refractivity contribution >= 4 is 21.8 Å². The van der Waals surface area contributed by atoms with Crippen LogP contribution >= 0.6 is 15.9 Å². The van der Waals surface area contributed by atoms with E-state index < -0.39 is 0 Å². The fourth-order valence-electron chi connectivity index (χ4n) is 1.49. The summed E-state index contributed by atoms with van der Waals surface area (Å²) < 4.78 is 11.0. The fourth-order valence-corrected chi connectivity index (χ4v) is 2.03. The van der Waals surface area contributed by atoms with Gasteiger partial charge in [0.2, 0.25) is 0 Å². The lowest BCUT2D eigenvalue weighted by Crippen LogP contribution is -2.22. The monoisotopic (exact) mass is 309 g/mol. The van der Waals surface area contributed by atoms with Crippen LogP contribution in [0, 0.1) is 0 Å². The number of benzene rings is 1. The highest BCUT2D eigenvalue weighted by Crippen LogP contribution is 2.25. The molecule has 94 valence electrons. The van der Waals surface area contributed by atoms with Crippen molar-refractivity contribution in [3.8, 4) is 5.75 Å². The van der Waals surface area contributed by atoms with Crippen molar-refractivity contribution in [3.05, 3.63) is 52.4 Å². The molecule has 2 rings (SSSR count). The van der Waals surface area contributed by atoms with Crippen LogP contribution in [0.4, 0.5) is 0 Å². The largest absolute Gasteiger partial charge is 0.496 e. The van der Waals surface area contributed by atoms with E-state index in [0.717, 1.165) is 10.2 Å². The maximum absolute atomic E-state index is 11.9. The third-order valence-corrected chi connectivity index (χ3v) is 3.04. The number of hydrogen-bond donors (Lipinski definition) is 1. The Balaban J connectivity index is 2.02. The number of hydrogen-bond acceptors (Lipinski definition) is 3. The molecule has 0 saturated heterocycles. The summed E-state index contributed by atoms with van der Waals surface area (Å²) in [5, 5.41) is 2.77. The molecule has 0 saturated carbocycles. The van der Waals surface area contributed by atoms with E-state index in [1.807, 2.05) is 6.07 Å². The third-order valence-electron chi connectivity index (χ3n) is 2.42. The van der Waals surface area contributed by atoms with Crippen LogP contribution < -0.4 is 10.1 Å². The van der Waals surface area contributed by atoms with Crippen LogP contribution in [-0.2, 0) is 6.54 Å². The van der Waals surface area contributed by atoms with Gasteiger partial charge in [-0.1, -0.05) is 0 Å². The van der Waals surface area contributed by atoms with Crippen LogP contribution in [0.5, 0.6) is 5.75 Å². The van der Waals surface area contributed by atoms with E-state index in [1.165, 1.54) is 0 Å². The van der Waals surface area contributed by atoms with E-state index in [1.54, 1.807) is 37.6 Å². The molecule has 0 atom stereocenters. The maximum atomic E-state index is 11.9. The first kappa shape index (κ1) is 12.7. The number of amides is 1. The average Bonchev–Trinajstić information content (AvgIpc) is 2.89. The smallest absolute Gasteiger partial charge is 0.251 e. The summed E-state index contributed by atoms with van der Waals surface area (Å²) in [6.07, 6.45) is 1.57. The zero-order valence-electron chi connectivity index (χ0n) is 9.77. The van der Waals surface area contributed by atoms with E-state index >= 15 is 0 Å². The number of methoxy groups -OCH3 is 1. The van der Waals surface area contributed by atoms with Gasteiger partial charge in [0.15, 0.2) is 0 Å². The summed E-state index contributed by atoms with van der Waals surface area (Å²) in [5.41, 5.74) is 0.564. The van der Waals surface area contributed by atoms with E-state index in [4.69, 9.17) is 9.15 Å². The van der Waals surface area contributed by atoms with Crippen molar-refractivity contribution in [1.82, 2.24) is 5.32 Å². The predicted molar refractivity (Wildman–Crippen MR) is 70.6 cm³/mol. The Hall–Kier alpha value is -1.75. The molecule has 0 unspecified atom stereocenters. The van der Waals surface area contributed by atoms with Crippen molar-refractivity contribution in [3.63, 3.8) is 0 Å². The average molecular weight is 310 g/mol. The molecule has 2 aromatic rings. The normalized spacial score (nSPS) is 10.1. The lowest BCUT2D eigenvalue weighted by Gasteiger charge is -2.06. The second-order valence-electron chi connectivity index (χ2n) is 3.61. The Morgan fingerprint density at radius 3 is 2.89 bits per heavy atom. The Morgan fingerprint density at radius 2 is 2.28 bits per heavy atom. The zero-order valence-corrected chi connectivity index (χ0v) is 11.4. The van der Waals surface area contributed by atoms with Crippen LogP contribution in [0.15, 0.2) is 45.5 Å². The Kier molecular flexibility index (Phi) is 4.04. The van der Waals surface area contributed by atoms with Gasteiger partial charge in [-0.3, -0.25) is 4.79 Å². The number of nitrogens with one attached hydrogen (secondary N) is 1. The van der Waals surface area contributed by atoms with Gasteiger partial charge in [-0.25, -0.2) is 0 Å². The number of halogens is 1. The minimum Gasteiger partial charge on any atom is -0.496 e. The first-order chi connectivity index (χ1) is 8.70. The van der Waals surface area contributed by atoms with Crippen LogP contribution in [0.1, 0.15) is 16.1 Å². The molecular weight excluding hydrogens is 298 g/mol. The van der Waals surface area contributed by atoms with E-state index in [2.05, 4.69) is 21.2 Å². The summed E-state index contributed by atoms with van der Waals surface area (Å²) >= 11 is 3.34. The van der Waals surface area contributed by atoms with Crippen molar-refractivity contribution in [2.24, 2.45) is 0 Å². The molecule has 1 aromatic carbocycles. The van der Waals surface area contributed by atoms with Crippen molar-refractivity contribution < 1.29 is 13.9 Å². The molecule has 5 heteroatoms. The summed E-state index contributed by atoms with van der Waals surface area (Å²) in [5.74, 6) is 1.25. The molecule has 0 fully saturated rings. The molecule has 0 spiro atoms. The number of furan rings is 1. The topological polar surface area (TPSA) is 51.5 Å². The minimum atomic E-state index is -0.158. The summed E-state index contributed by atoms with van der Waals surface area (Å²) in [7, 11) is 1.58. The number of ether oxygens (including phenoxy) is 1. The molecule has 1 heterocycles. The molecule has 0 bridgehead atoms. The Bertz CT molecular complexity index is 537. The molecule has 0 aliphatic rings. The maximum Gasteiger partial charge on any atom is 0.251 e. The predicted octanol–water partition coefficient (Wildman–Crippen LogP) is 2.98. The van der Waals surface area contributed by atoms with Crippen LogP contribution in [0.25, 0.3) is 0 Å². The van der Waals surface area contributed by atoms with Gasteiger partial charge in [-0.2, -0.15) is 0 Å². The highest BCUT2D eigenvalue weighted by atomic mass is 79.9. The van der Waals surface area contributed by atoms with Gasteiger partial charge in [0, 0.05) is 5.56 Å². The highest BCUT2D eigenvalue weighted by molar-refractivity contribution is 9.10. The number of rotatable bonds is 4. The molecule has 1 N–H and O–H groups in total. The quantitative estimate of drug-likeness (QED) is 0.944. The molecule has 18 heavy (non-hydrogen) atoms. The third kappa shape index (κ3) is 2.92. The zero-order chi connectivity index (χ0) is 13.0. The van der Waals surface area contributed by atoms with Crippen molar-refractivity contribution in [2.75, 3.05) is 7.11 Å². The van der Waals surface area contributed by atoms with Gasteiger partial charge >= 0.3 is 0 Å². The second-order valence-corrected chi connectivity index (χ2v) is 4.47. The first-order valence-electron chi connectivity index (χ1n) is 5.35. The molecule has 4 nitrogen and oxygen atoms in total. The molecule has 0 aliphatic carbocycles. The molecule has 0 radical (unpaired) electrons. The van der Waals surface area contributed by atoms with Gasteiger partial charge in [-0.05, 0) is 46.3 Å². The lowest BCUT2D eigenvalue weighted by molar-refractivity contribution is 0.0948. The standard InChI is InChI=1S/C13H12BrNO3/c1-17-12-5-4-9(7-11(12)14)13(16)15-8-10-3-2-6-18-10/h2-7H,8H2,1H3,(H,15,16). The fraction of sp³-hybridized carbons (Fsp3) is 0.154. The Morgan fingerprint density at radius 1 is 1.44 bits per heavy atom.